The number of aryl methyl sites for hydroxylation is 1. The van der Waals surface area contributed by atoms with Crippen LogP contribution < -0.4 is 5.32 Å². The van der Waals surface area contributed by atoms with E-state index in [2.05, 4.69) is 15.5 Å². The third kappa shape index (κ3) is 4.71. The van der Waals surface area contributed by atoms with Gasteiger partial charge >= 0.3 is 5.97 Å². The summed E-state index contributed by atoms with van der Waals surface area (Å²) in [6, 6.07) is 13.6. The molecular formula is C19H16ClN3O4. The molecule has 1 N–H and O–H groups in total. The standard InChI is InChI=1S/C19H16ClN3O4/c1-26-19(25)14-4-2-3-5-15(14)21-16(24)10-11-17-22-23-18(27-17)12-6-8-13(20)9-7-12/h2-9H,10-11H2,1H3,(H,21,24). The lowest BCUT2D eigenvalue weighted by Gasteiger charge is -2.08. The van der Waals surface area contributed by atoms with Crippen LogP contribution >= 0.6 is 11.6 Å². The average Bonchev–Trinajstić information content (AvgIpc) is 3.16. The van der Waals surface area contributed by atoms with Crippen LogP contribution in [0.1, 0.15) is 22.7 Å². The van der Waals surface area contributed by atoms with E-state index in [4.69, 9.17) is 20.8 Å². The summed E-state index contributed by atoms with van der Waals surface area (Å²) in [5.41, 5.74) is 1.42. The third-order valence-electron chi connectivity index (χ3n) is 3.73. The van der Waals surface area contributed by atoms with Crippen molar-refractivity contribution in [2.24, 2.45) is 0 Å². The van der Waals surface area contributed by atoms with Crippen LogP contribution in [0.4, 0.5) is 5.69 Å². The first-order chi connectivity index (χ1) is 13.1. The number of nitrogens with zero attached hydrogens (tertiary/aromatic N) is 2. The highest BCUT2D eigenvalue weighted by molar-refractivity contribution is 6.30. The van der Waals surface area contributed by atoms with Crippen LogP contribution in [0.15, 0.2) is 52.9 Å². The highest BCUT2D eigenvalue weighted by Crippen LogP contribution is 2.21. The highest BCUT2D eigenvalue weighted by atomic mass is 35.5. The largest absolute Gasteiger partial charge is 0.465 e. The quantitative estimate of drug-likeness (QED) is 0.649. The predicted octanol–water partition coefficient (Wildman–Crippen LogP) is 3.75. The molecular weight excluding hydrogens is 370 g/mol. The maximum Gasteiger partial charge on any atom is 0.339 e. The van der Waals surface area contributed by atoms with Gasteiger partial charge in [0, 0.05) is 23.4 Å². The summed E-state index contributed by atoms with van der Waals surface area (Å²) in [7, 11) is 1.29. The number of amides is 1. The van der Waals surface area contributed by atoms with E-state index < -0.39 is 5.97 Å². The lowest BCUT2D eigenvalue weighted by atomic mass is 10.1. The summed E-state index contributed by atoms with van der Waals surface area (Å²) in [6.07, 6.45) is 0.393. The molecule has 0 saturated carbocycles. The summed E-state index contributed by atoms with van der Waals surface area (Å²) in [5.74, 6) is -0.0949. The molecule has 0 radical (unpaired) electrons. The summed E-state index contributed by atoms with van der Waals surface area (Å²) < 4.78 is 10.3. The molecule has 0 unspecified atom stereocenters. The molecule has 8 heteroatoms. The van der Waals surface area contributed by atoms with Crippen LogP contribution in [0, 0.1) is 0 Å². The van der Waals surface area contributed by atoms with Crippen molar-refractivity contribution >= 4 is 29.2 Å². The van der Waals surface area contributed by atoms with Gasteiger partial charge in [-0.2, -0.15) is 0 Å². The van der Waals surface area contributed by atoms with Gasteiger partial charge in [0.05, 0.1) is 18.4 Å². The second-order valence-corrected chi connectivity index (χ2v) is 6.03. The maximum absolute atomic E-state index is 12.2. The number of hydrogen-bond acceptors (Lipinski definition) is 6. The molecule has 0 aliphatic heterocycles. The molecule has 0 spiro atoms. The number of hydrogen-bond donors (Lipinski definition) is 1. The number of halogens is 1. The van der Waals surface area contributed by atoms with Gasteiger partial charge in [-0.3, -0.25) is 4.79 Å². The topological polar surface area (TPSA) is 94.3 Å². The highest BCUT2D eigenvalue weighted by Gasteiger charge is 2.14. The summed E-state index contributed by atoms with van der Waals surface area (Å²) in [4.78, 5) is 23.9. The molecule has 3 aromatic rings. The first-order valence-corrected chi connectivity index (χ1v) is 8.50. The maximum atomic E-state index is 12.2. The molecule has 0 aliphatic carbocycles. The smallest absolute Gasteiger partial charge is 0.339 e. The minimum atomic E-state index is -0.518. The minimum absolute atomic E-state index is 0.123. The van der Waals surface area contributed by atoms with E-state index in [-0.39, 0.29) is 24.3 Å². The van der Waals surface area contributed by atoms with E-state index in [0.717, 1.165) is 5.56 Å². The number of para-hydroxylation sites is 1. The van der Waals surface area contributed by atoms with Gasteiger partial charge < -0.3 is 14.5 Å². The first kappa shape index (κ1) is 18.6. The first-order valence-electron chi connectivity index (χ1n) is 8.12. The molecule has 0 fully saturated rings. The number of ether oxygens (including phenoxy) is 1. The van der Waals surface area contributed by atoms with Gasteiger partial charge in [0.1, 0.15) is 0 Å². The van der Waals surface area contributed by atoms with E-state index in [9.17, 15) is 9.59 Å². The Labute approximate surface area is 160 Å². The van der Waals surface area contributed by atoms with Crippen molar-refractivity contribution < 1.29 is 18.7 Å². The number of benzene rings is 2. The van der Waals surface area contributed by atoms with Gasteiger partial charge in [0.25, 0.3) is 0 Å². The molecule has 7 nitrogen and oxygen atoms in total. The number of esters is 1. The number of carbonyl (C=O) groups excluding carboxylic acids is 2. The van der Waals surface area contributed by atoms with Gasteiger partial charge in [-0.1, -0.05) is 23.7 Å². The van der Waals surface area contributed by atoms with Crippen molar-refractivity contribution in [3.05, 3.63) is 65.0 Å². The molecule has 27 heavy (non-hydrogen) atoms. The lowest BCUT2D eigenvalue weighted by Crippen LogP contribution is -2.15. The van der Waals surface area contributed by atoms with E-state index in [1.165, 1.54) is 7.11 Å². The molecule has 0 bridgehead atoms. The predicted molar refractivity (Wildman–Crippen MR) is 99.5 cm³/mol. The van der Waals surface area contributed by atoms with Crippen molar-refractivity contribution in [3.8, 4) is 11.5 Å². The molecule has 1 aromatic heterocycles. The van der Waals surface area contributed by atoms with Crippen LogP contribution in [-0.2, 0) is 16.0 Å². The normalized spacial score (nSPS) is 10.4. The molecule has 1 heterocycles. The van der Waals surface area contributed by atoms with Gasteiger partial charge in [-0.25, -0.2) is 4.79 Å². The van der Waals surface area contributed by atoms with Gasteiger partial charge in [0.15, 0.2) is 0 Å². The minimum Gasteiger partial charge on any atom is -0.465 e. The summed E-state index contributed by atoms with van der Waals surface area (Å²) >= 11 is 5.86. The van der Waals surface area contributed by atoms with E-state index in [0.29, 0.717) is 22.5 Å². The SMILES string of the molecule is COC(=O)c1ccccc1NC(=O)CCc1nnc(-c2ccc(Cl)cc2)o1. The van der Waals surface area contributed by atoms with Gasteiger partial charge in [0.2, 0.25) is 17.7 Å². The van der Waals surface area contributed by atoms with Crippen LogP contribution in [-0.4, -0.2) is 29.2 Å². The van der Waals surface area contributed by atoms with Crippen molar-refractivity contribution in [2.75, 3.05) is 12.4 Å². The lowest BCUT2D eigenvalue weighted by molar-refractivity contribution is -0.116. The van der Waals surface area contributed by atoms with Crippen LogP contribution in [0.3, 0.4) is 0 Å². The fraction of sp³-hybridized carbons (Fsp3) is 0.158. The van der Waals surface area contributed by atoms with Gasteiger partial charge in [-0.15, -0.1) is 10.2 Å². The van der Waals surface area contributed by atoms with E-state index in [1.807, 2.05) is 0 Å². The van der Waals surface area contributed by atoms with Crippen molar-refractivity contribution in [1.29, 1.82) is 0 Å². The number of methoxy groups -OCH3 is 1. The second kappa shape index (κ2) is 8.46. The van der Waals surface area contributed by atoms with Gasteiger partial charge in [-0.05, 0) is 36.4 Å². The number of anilines is 1. The van der Waals surface area contributed by atoms with Crippen molar-refractivity contribution in [3.63, 3.8) is 0 Å². The Morgan fingerprint density at radius 3 is 2.59 bits per heavy atom. The second-order valence-electron chi connectivity index (χ2n) is 5.59. The zero-order valence-corrected chi connectivity index (χ0v) is 15.2. The average molecular weight is 386 g/mol. The Kier molecular flexibility index (Phi) is 5.83. The molecule has 138 valence electrons. The molecule has 0 atom stereocenters. The monoisotopic (exact) mass is 385 g/mol. The third-order valence-corrected chi connectivity index (χ3v) is 3.98. The number of rotatable bonds is 6. The fourth-order valence-corrected chi connectivity index (χ4v) is 2.50. The molecule has 0 saturated heterocycles. The van der Waals surface area contributed by atoms with Crippen molar-refractivity contribution in [1.82, 2.24) is 10.2 Å². The Bertz CT molecular complexity index is 954. The molecule has 1 amide bonds. The van der Waals surface area contributed by atoms with Crippen LogP contribution in [0.2, 0.25) is 5.02 Å². The summed E-state index contributed by atoms with van der Waals surface area (Å²) in [6.45, 7) is 0. The Balaban J connectivity index is 1.60. The molecule has 3 rings (SSSR count). The van der Waals surface area contributed by atoms with Crippen LogP contribution in [0.25, 0.3) is 11.5 Å². The Morgan fingerprint density at radius 1 is 1.11 bits per heavy atom. The Morgan fingerprint density at radius 2 is 1.85 bits per heavy atom. The fourth-order valence-electron chi connectivity index (χ4n) is 2.38. The van der Waals surface area contributed by atoms with E-state index >= 15 is 0 Å². The zero-order chi connectivity index (χ0) is 19.2. The number of aromatic nitrogens is 2. The van der Waals surface area contributed by atoms with E-state index in [1.54, 1.807) is 48.5 Å². The number of carbonyl (C=O) groups is 2. The number of nitrogens with one attached hydrogen (secondary N) is 1. The van der Waals surface area contributed by atoms with Crippen molar-refractivity contribution in [2.45, 2.75) is 12.8 Å². The molecule has 0 aliphatic rings. The zero-order valence-electron chi connectivity index (χ0n) is 14.4. The summed E-state index contributed by atoms with van der Waals surface area (Å²) in [5, 5.41) is 11.2. The van der Waals surface area contributed by atoms with Crippen LogP contribution in [0.5, 0.6) is 0 Å². The Hall–Kier alpha value is -3.19. The molecule has 2 aromatic carbocycles.